The predicted molar refractivity (Wildman–Crippen MR) is 333 cm³/mol. The van der Waals surface area contributed by atoms with E-state index in [0.717, 1.165) is 77.0 Å². The Labute approximate surface area is 482 Å². The molecule has 0 aliphatic rings. The van der Waals surface area contributed by atoms with Crippen molar-refractivity contribution in [2.45, 2.75) is 424 Å². The molecule has 76 heavy (non-hydrogen) atoms. The van der Waals surface area contributed by atoms with Crippen LogP contribution in [0, 0.1) is 0 Å². The molecule has 0 saturated carbocycles. The summed E-state index contributed by atoms with van der Waals surface area (Å²) in [7, 11) is 0. The molecule has 452 valence electrons. The van der Waals surface area contributed by atoms with Gasteiger partial charge in [-0.25, -0.2) is 0 Å². The molecule has 0 saturated heterocycles. The first-order valence-electron chi connectivity index (χ1n) is 35.1. The first kappa shape index (κ1) is 75.2. The van der Waals surface area contributed by atoms with Crippen molar-refractivity contribution >= 4 is 37.5 Å². The molecule has 0 rings (SSSR count). The van der Waals surface area contributed by atoms with Crippen LogP contribution in [0.2, 0.25) is 4.44 Å². The number of rotatable bonds is 65. The molecule has 0 aliphatic heterocycles. The van der Waals surface area contributed by atoms with E-state index < -0.39 is 19.6 Å². The Morgan fingerprint density at radius 1 is 0.197 bits per heavy atom. The quantitative estimate of drug-likeness (QED) is 0.0446. The number of hydrogen-bond acceptors (Lipinski definition) is 6. The van der Waals surface area contributed by atoms with E-state index in [4.69, 9.17) is 9.22 Å². The molecule has 0 aromatic rings. The molecule has 0 amide bonds. The molecule has 0 aromatic carbocycles. The van der Waals surface area contributed by atoms with Crippen molar-refractivity contribution in [3.8, 4) is 0 Å². The van der Waals surface area contributed by atoms with Gasteiger partial charge in [0.15, 0.2) is 0 Å². The standard InChI is InChI=1S/3C19H38O2.C12H25.Sn/c3*1-2-3-4-5-6-7-8-9-10-11-12-13-14-15-16-17-18-19(20)21;1-3-5-7-9-11-12-10-8-6-4-2;/h3*2-18H2,1H3,(H,20,21);1,3-12H2,2H3;/q;;;;+3/p-3. The minimum atomic E-state index is -4.97. The van der Waals surface area contributed by atoms with Gasteiger partial charge in [0, 0.05) is 0 Å². The summed E-state index contributed by atoms with van der Waals surface area (Å²) >= 11 is -4.97. The van der Waals surface area contributed by atoms with Gasteiger partial charge >= 0.3 is 329 Å². The molecule has 0 radical (unpaired) electrons. The van der Waals surface area contributed by atoms with Crippen LogP contribution in [0.25, 0.3) is 0 Å². The second-order valence-corrected chi connectivity index (χ2v) is 31.3. The van der Waals surface area contributed by atoms with Gasteiger partial charge in [-0.05, 0) is 0 Å². The zero-order valence-corrected chi connectivity index (χ0v) is 55.1. The Hall–Kier alpha value is -0.791. The van der Waals surface area contributed by atoms with Gasteiger partial charge in [-0.1, -0.05) is 156 Å². The SMILES string of the molecule is CCCCCCCCCCCCCCCCCCC(=O)[O][Sn]([CH2]CCCCCCCCCCC)([O]C(=O)CCCCCCCCCCCCCCCCCC)[O]C(=O)CCCCCCCCCCCCCCCCCC. The van der Waals surface area contributed by atoms with Crippen molar-refractivity contribution < 1.29 is 23.6 Å². The van der Waals surface area contributed by atoms with E-state index in [1.54, 1.807) is 0 Å². The van der Waals surface area contributed by atoms with E-state index in [0.29, 0.717) is 23.7 Å². The average Bonchev–Trinajstić information content (AvgIpc) is 3.41. The molecule has 0 spiro atoms. The molecule has 0 atom stereocenters. The summed E-state index contributed by atoms with van der Waals surface area (Å²) in [6, 6.07) is 0. The third kappa shape index (κ3) is 57.9. The van der Waals surface area contributed by atoms with E-state index >= 15 is 0 Å². The van der Waals surface area contributed by atoms with Gasteiger partial charge < -0.3 is 0 Å². The maximum atomic E-state index is 13.7. The molecule has 0 heterocycles. The summed E-state index contributed by atoms with van der Waals surface area (Å²) in [5.41, 5.74) is 0. The molecule has 6 nitrogen and oxygen atoms in total. The van der Waals surface area contributed by atoms with Crippen molar-refractivity contribution in [1.82, 2.24) is 0 Å². The predicted octanol–water partition coefficient (Wildman–Crippen LogP) is 24.4. The van der Waals surface area contributed by atoms with E-state index in [2.05, 4.69) is 27.7 Å². The van der Waals surface area contributed by atoms with Crippen LogP contribution in [-0.2, 0) is 23.6 Å². The van der Waals surface area contributed by atoms with Crippen LogP contribution in [0.4, 0.5) is 0 Å². The Kier molecular flexibility index (Phi) is 62.7. The molecular formula is C69H136O6Sn. The molecule has 0 aromatic heterocycles. The van der Waals surface area contributed by atoms with Crippen molar-refractivity contribution in [2.75, 3.05) is 0 Å². The number of carbonyl (C=O) groups is 3. The van der Waals surface area contributed by atoms with Gasteiger partial charge in [0.05, 0.1) is 0 Å². The Morgan fingerprint density at radius 2 is 0.329 bits per heavy atom. The Bertz CT molecular complexity index is 1050. The van der Waals surface area contributed by atoms with Crippen molar-refractivity contribution in [2.24, 2.45) is 0 Å². The number of unbranched alkanes of at least 4 members (excludes halogenated alkanes) is 54. The fourth-order valence-corrected chi connectivity index (χ4v) is 18.2. The van der Waals surface area contributed by atoms with E-state index in [1.165, 1.54) is 295 Å². The monoisotopic (exact) mass is 1180 g/mol. The van der Waals surface area contributed by atoms with Gasteiger partial charge in [-0.3, -0.25) is 0 Å². The molecule has 7 heteroatoms. The Balaban J connectivity index is 5.21. The fraction of sp³-hybridized carbons (Fsp3) is 0.957. The summed E-state index contributed by atoms with van der Waals surface area (Å²) in [5, 5.41) is 0. The van der Waals surface area contributed by atoms with Gasteiger partial charge in [-0.15, -0.1) is 0 Å². The first-order chi connectivity index (χ1) is 37.4. The maximum absolute atomic E-state index is 13.7. The number of hydrogen-bond donors (Lipinski definition) is 0. The topological polar surface area (TPSA) is 78.9 Å². The number of carbonyl (C=O) groups excluding carboxylic acids is 3. The van der Waals surface area contributed by atoms with Crippen LogP contribution in [0.5, 0.6) is 0 Å². The van der Waals surface area contributed by atoms with Crippen LogP contribution in [0.1, 0.15) is 419 Å². The van der Waals surface area contributed by atoms with Crippen LogP contribution in [0.15, 0.2) is 0 Å². The van der Waals surface area contributed by atoms with Crippen molar-refractivity contribution in [3.63, 3.8) is 0 Å². The van der Waals surface area contributed by atoms with E-state index in [1.807, 2.05) is 0 Å². The Morgan fingerprint density at radius 3 is 0.487 bits per heavy atom. The smallest absolute Gasteiger partial charge is 0.0654 e. The van der Waals surface area contributed by atoms with Crippen LogP contribution >= 0.6 is 0 Å². The zero-order chi connectivity index (χ0) is 55.2. The molecule has 0 aliphatic carbocycles. The van der Waals surface area contributed by atoms with Gasteiger partial charge in [0.25, 0.3) is 0 Å². The second-order valence-electron chi connectivity index (χ2n) is 24.2. The van der Waals surface area contributed by atoms with Crippen LogP contribution in [-0.4, -0.2) is 37.5 Å². The van der Waals surface area contributed by atoms with Gasteiger partial charge in [0.1, 0.15) is 0 Å². The molecule has 0 fully saturated rings. The molecule has 0 N–H and O–H groups in total. The summed E-state index contributed by atoms with van der Waals surface area (Å²) in [4.78, 5) is 41.2. The molecular weight excluding hydrogens is 1040 g/mol. The third-order valence-electron chi connectivity index (χ3n) is 16.3. The van der Waals surface area contributed by atoms with Gasteiger partial charge in [0.2, 0.25) is 0 Å². The van der Waals surface area contributed by atoms with Crippen molar-refractivity contribution in [1.29, 1.82) is 0 Å². The van der Waals surface area contributed by atoms with Gasteiger partial charge in [-0.2, -0.15) is 0 Å². The molecule has 0 unspecified atom stereocenters. The van der Waals surface area contributed by atoms with Crippen molar-refractivity contribution in [3.05, 3.63) is 0 Å². The summed E-state index contributed by atoms with van der Waals surface area (Å²) in [6.07, 6.45) is 74.1. The van der Waals surface area contributed by atoms with E-state index in [9.17, 15) is 14.4 Å². The van der Waals surface area contributed by atoms with Crippen LogP contribution in [0.3, 0.4) is 0 Å². The average molecular weight is 1180 g/mol. The zero-order valence-electron chi connectivity index (χ0n) is 52.3. The second kappa shape index (κ2) is 63.4. The van der Waals surface area contributed by atoms with E-state index in [-0.39, 0.29) is 17.9 Å². The minimum Gasteiger partial charge on any atom is -0.0654 e. The van der Waals surface area contributed by atoms with Crippen LogP contribution < -0.4 is 0 Å². The summed E-state index contributed by atoms with van der Waals surface area (Å²) < 4.78 is 19.4. The summed E-state index contributed by atoms with van der Waals surface area (Å²) in [5.74, 6) is -1.00. The molecule has 0 bridgehead atoms. The minimum absolute atomic E-state index is 0.294. The fourth-order valence-electron chi connectivity index (χ4n) is 11.2. The summed E-state index contributed by atoms with van der Waals surface area (Å²) in [6.45, 7) is 9.13. The third-order valence-corrected chi connectivity index (χ3v) is 23.7. The normalized spacial score (nSPS) is 11.7. The first-order valence-corrected chi connectivity index (χ1v) is 40.6.